The highest BCUT2D eigenvalue weighted by Crippen LogP contribution is 2.66. The average Bonchev–Trinajstić information content (AvgIpc) is 3.03. The van der Waals surface area contributed by atoms with Gasteiger partial charge < -0.3 is 4.90 Å². The van der Waals surface area contributed by atoms with Crippen LogP contribution in [0.1, 0.15) is 61.6 Å². The third-order valence-electron chi connectivity index (χ3n) is 8.61. The molecule has 1 aromatic rings. The molecule has 3 fully saturated rings. The van der Waals surface area contributed by atoms with E-state index < -0.39 is 0 Å². The minimum Gasteiger partial charge on any atom is -0.303 e. The van der Waals surface area contributed by atoms with Gasteiger partial charge in [0.15, 0.2) is 0 Å². The molecule has 23 heavy (non-hydrogen) atoms. The van der Waals surface area contributed by atoms with Gasteiger partial charge in [-0.2, -0.15) is 0 Å². The van der Waals surface area contributed by atoms with Gasteiger partial charge in [-0.15, -0.1) is 0 Å². The number of fused-ring (bicyclic) bond motifs is 4. The zero-order chi connectivity index (χ0) is 15.8. The standard InChI is InChI=1S/C22H31N/c1-14-5-4-6-17-16(14)7-8-19-18(17)11-12-22-13-23(3)15(2)20(22)9-10-21(19)22/h4-6,15,18-21H,7-13H2,1-3H3/t15-,18+,19-,20+,21-,22-/m0/s1. The summed E-state index contributed by atoms with van der Waals surface area (Å²) in [5.41, 5.74) is 5.66. The van der Waals surface area contributed by atoms with E-state index in [1.165, 1.54) is 45.1 Å². The largest absolute Gasteiger partial charge is 0.303 e. The molecule has 2 saturated carbocycles. The Hall–Kier alpha value is -0.820. The van der Waals surface area contributed by atoms with E-state index >= 15 is 0 Å². The summed E-state index contributed by atoms with van der Waals surface area (Å²) in [6.45, 7) is 6.20. The number of nitrogens with zero attached hydrogens (tertiary/aromatic N) is 1. The van der Waals surface area contributed by atoms with E-state index in [1.807, 2.05) is 0 Å². The molecule has 4 aliphatic rings. The molecule has 0 radical (unpaired) electrons. The number of benzene rings is 1. The maximum atomic E-state index is 2.68. The van der Waals surface area contributed by atoms with Gasteiger partial charge in [-0.25, -0.2) is 0 Å². The summed E-state index contributed by atoms with van der Waals surface area (Å²) in [4.78, 5) is 2.68. The smallest absolute Gasteiger partial charge is 0.00982 e. The Morgan fingerprint density at radius 3 is 2.78 bits per heavy atom. The highest BCUT2D eigenvalue weighted by molar-refractivity contribution is 5.40. The molecule has 0 unspecified atom stereocenters. The highest BCUT2D eigenvalue weighted by atomic mass is 15.2. The van der Waals surface area contributed by atoms with Gasteiger partial charge in [0.2, 0.25) is 0 Å². The molecule has 5 rings (SSSR count). The summed E-state index contributed by atoms with van der Waals surface area (Å²) >= 11 is 0. The van der Waals surface area contributed by atoms with Gasteiger partial charge in [0.25, 0.3) is 0 Å². The summed E-state index contributed by atoms with van der Waals surface area (Å²) in [5, 5.41) is 0. The van der Waals surface area contributed by atoms with Crippen molar-refractivity contribution < 1.29 is 0 Å². The monoisotopic (exact) mass is 309 g/mol. The lowest BCUT2D eigenvalue weighted by atomic mass is 9.53. The Kier molecular flexibility index (Phi) is 3.06. The Labute approximate surface area is 141 Å². The second-order valence-corrected chi connectivity index (χ2v) is 9.17. The van der Waals surface area contributed by atoms with E-state index in [-0.39, 0.29) is 0 Å². The summed E-state index contributed by atoms with van der Waals surface area (Å²) in [5.74, 6) is 3.83. The van der Waals surface area contributed by atoms with Crippen molar-refractivity contribution in [2.45, 2.75) is 64.3 Å². The first-order valence-electron chi connectivity index (χ1n) is 9.90. The van der Waals surface area contributed by atoms with Crippen molar-refractivity contribution in [1.82, 2.24) is 4.90 Å². The second-order valence-electron chi connectivity index (χ2n) is 9.17. The number of likely N-dealkylation sites (tertiary alicyclic amines) is 1. The third kappa shape index (κ3) is 1.78. The van der Waals surface area contributed by atoms with Crippen LogP contribution in [0.3, 0.4) is 0 Å². The van der Waals surface area contributed by atoms with Crippen LogP contribution in [-0.2, 0) is 6.42 Å². The van der Waals surface area contributed by atoms with E-state index in [1.54, 1.807) is 16.7 Å². The number of hydrogen-bond donors (Lipinski definition) is 0. The van der Waals surface area contributed by atoms with Gasteiger partial charge >= 0.3 is 0 Å². The van der Waals surface area contributed by atoms with Crippen molar-refractivity contribution in [3.63, 3.8) is 0 Å². The fraction of sp³-hybridized carbons (Fsp3) is 0.727. The van der Waals surface area contributed by atoms with Crippen LogP contribution in [0.2, 0.25) is 0 Å². The van der Waals surface area contributed by atoms with Gasteiger partial charge in [0, 0.05) is 12.6 Å². The molecule has 0 amide bonds. The zero-order valence-corrected chi connectivity index (χ0v) is 15.0. The second kappa shape index (κ2) is 4.85. The van der Waals surface area contributed by atoms with Gasteiger partial charge in [0.1, 0.15) is 0 Å². The highest BCUT2D eigenvalue weighted by Gasteiger charge is 2.61. The van der Waals surface area contributed by atoms with E-state index in [9.17, 15) is 0 Å². The molecule has 1 heteroatoms. The molecule has 1 spiro atoms. The Morgan fingerprint density at radius 2 is 1.91 bits per heavy atom. The van der Waals surface area contributed by atoms with Crippen LogP contribution >= 0.6 is 0 Å². The van der Waals surface area contributed by atoms with Crippen LogP contribution in [0.4, 0.5) is 0 Å². The fourth-order valence-corrected chi connectivity index (χ4v) is 7.60. The van der Waals surface area contributed by atoms with Crippen molar-refractivity contribution in [1.29, 1.82) is 0 Å². The third-order valence-corrected chi connectivity index (χ3v) is 8.61. The minimum atomic E-state index is 0.677. The summed E-state index contributed by atoms with van der Waals surface area (Å²) in [7, 11) is 2.38. The lowest BCUT2D eigenvalue weighted by molar-refractivity contribution is 0.0331. The first kappa shape index (κ1) is 14.5. The molecule has 0 bridgehead atoms. The van der Waals surface area contributed by atoms with Gasteiger partial charge in [0.05, 0.1) is 0 Å². The average molecular weight is 309 g/mol. The van der Waals surface area contributed by atoms with Gasteiger partial charge in [-0.3, -0.25) is 0 Å². The molecule has 1 aliphatic heterocycles. The Morgan fingerprint density at radius 1 is 1.09 bits per heavy atom. The minimum absolute atomic E-state index is 0.677. The quantitative estimate of drug-likeness (QED) is 0.666. The van der Waals surface area contributed by atoms with Crippen molar-refractivity contribution >= 4 is 0 Å². The molecule has 6 atom stereocenters. The predicted octanol–water partition coefficient (Wildman–Crippen LogP) is 4.78. The van der Waals surface area contributed by atoms with Crippen molar-refractivity contribution in [2.24, 2.45) is 23.2 Å². The number of aryl methyl sites for hydroxylation is 1. The normalized spacial score (nSPS) is 45.3. The van der Waals surface area contributed by atoms with Crippen molar-refractivity contribution in [3.05, 3.63) is 34.9 Å². The Bertz CT molecular complexity index is 635. The number of rotatable bonds is 0. The number of hydrogen-bond acceptors (Lipinski definition) is 1. The van der Waals surface area contributed by atoms with Crippen LogP contribution in [0, 0.1) is 30.1 Å². The molecule has 1 saturated heterocycles. The van der Waals surface area contributed by atoms with Gasteiger partial charge in [-0.05, 0) is 105 Å². The molecule has 1 aromatic carbocycles. The van der Waals surface area contributed by atoms with Crippen LogP contribution in [0.5, 0.6) is 0 Å². The first-order valence-corrected chi connectivity index (χ1v) is 9.90. The van der Waals surface area contributed by atoms with E-state index in [0.29, 0.717) is 5.41 Å². The topological polar surface area (TPSA) is 3.24 Å². The SMILES string of the molecule is Cc1cccc2c1CC[C@H]1[C@@H]2CC[C@]23CN(C)[C@@H](C)[C@H]2CC[C@@H]13. The molecule has 3 aliphatic carbocycles. The van der Waals surface area contributed by atoms with E-state index in [0.717, 1.165) is 29.7 Å². The summed E-state index contributed by atoms with van der Waals surface area (Å²) in [6.07, 6.45) is 8.76. The van der Waals surface area contributed by atoms with Crippen molar-refractivity contribution in [3.8, 4) is 0 Å². The van der Waals surface area contributed by atoms with Crippen LogP contribution in [0.25, 0.3) is 0 Å². The summed E-state index contributed by atoms with van der Waals surface area (Å²) in [6, 6.07) is 7.91. The zero-order valence-electron chi connectivity index (χ0n) is 15.0. The maximum absolute atomic E-state index is 2.68. The van der Waals surface area contributed by atoms with Crippen molar-refractivity contribution in [2.75, 3.05) is 13.6 Å². The molecule has 124 valence electrons. The Balaban J connectivity index is 1.53. The molecule has 0 N–H and O–H groups in total. The first-order chi connectivity index (χ1) is 11.1. The van der Waals surface area contributed by atoms with E-state index in [2.05, 4.69) is 44.0 Å². The molecule has 1 nitrogen and oxygen atoms in total. The van der Waals surface area contributed by atoms with Crippen LogP contribution in [-0.4, -0.2) is 24.5 Å². The summed E-state index contributed by atoms with van der Waals surface area (Å²) < 4.78 is 0. The molecule has 0 aromatic heterocycles. The lowest BCUT2D eigenvalue weighted by Gasteiger charge is -2.51. The van der Waals surface area contributed by atoms with Crippen LogP contribution < -0.4 is 0 Å². The molecular weight excluding hydrogens is 278 g/mol. The fourth-order valence-electron chi connectivity index (χ4n) is 7.60. The van der Waals surface area contributed by atoms with Crippen LogP contribution in [0.15, 0.2) is 18.2 Å². The maximum Gasteiger partial charge on any atom is 0.00982 e. The predicted molar refractivity (Wildman–Crippen MR) is 95.7 cm³/mol. The van der Waals surface area contributed by atoms with Gasteiger partial charge in [-0.1, -0.05) is 18.2 Å². The molecular formula is C22H31N. The van der Waals surface area contributed by atoms with E-state index in [4.69, 9.17) is 0 Å². The molecule has 1 heterocycles. The lowest BCUT2D eigenvalue weighted by Crippen LogP contribution is -2.45.